The number of hydrogen-bond donors (Lipinski definition) is 6. The van der Waals surface area contributed by atoms with Crippen molar-refractivity contribution in [3.8, 4) is 0 Å². The summed E-state index contributed by atoms with van der Waals surface area (Å²) >= 11 is 12.4. The minimum Gasteiger partial charge on any atom is -0.383 e. The van der Waals surface area contributed by atoms with Crippen LogP contribution in [0.5, 0.6) is 0 Å². The molecule has 726 valence electrons. The summed E-state index contributed by atoms with van der Waals surface area (Å²) < 4.78 is 60.3. The Balaban J connectivity index is 0.000000137. The maximum Gasteiger partial charge on any atom is 0.256 e. The Morgan fingerprint density at radius 1 is 0.289 bits per heavy atom. The number of halogens is 4. The van der Waals surface area contributed by atoms with Crippen molar-refractivity contribution in [1.29, 1.82) is 0 Å². The van der Waals surface area contributed by atoms with Crippen molar-refractivity contribution >= 4 is 87.8 Å². The van der Waals surface area contributed by atoms with Crippen molar-refractivity contribution in [1.82, 2.24) is 59.3 Å². The second-order valence-corrected chi connectivity index (χ2v) is 37.3. The van der Waals surface area contributed by atoms with Crippen LogP contribution in [0.1, 0.15) is 143 Å². The molecular weight excluding hydrogens is 1750 g/mol. The number of hydrogen-bond acceptors (Lipinski definition) is 18. The molecule has 24 nitrogen and oxygen atoms in total. The molecule has 0 spiro atoms. The molecule has 0 unspecified atom stereocenters. The first-order chi connectivity index (χ1) is 65.6. The van der Waals surface area contributed by atoms with Crippen molar-refractivity contribution in [2.45, 2.75) is 186 Å². The number of aromatic amines is 6. The van der Waals surface area contributed by atoms with Crippen LogP contribution in [0, 0.1) is 25.5 Å². The average Bonchev–Trinajstić information content (AvgIpc) is 1.81. The minimum absolute atomic E-state index is 0.0195. The molecule has 18 rings (SSSR count). The highest BCUT2D eigenvalue weighted by molar-refractivity contribution is 6.36. The second kappa shape index (κ2) is 51.8. The zero-order chi connectivity index (χ0) is 95.3. The van der Waals surface area contributed by atoms with Crippen LogP contribution in [-0.4, -0.2) is 255 Å². The van der Waals surface area contributed by atoms with Crippen LogP contribution in [0.3, 0.4) is 0 Å². The van der Waals surface area contributed by atoms with Crippen LogP contribution in [-0.2, 0) is 66.9 Å². The molecule has 12 aromatic rings. The number of rotatable bonds is 33. The van der Waals surface area contributed by atoms with E-state index in [0.29, 0.717) is 91.5 Å². The van der Waals surface area contributed by atoms with Gasteiger partial charge in [0, 0.05) is 253 Å². The first kappa shape index (κ1) is 103. The van der Waals surface area contributed by atoms with Gasteiger partial charge in [0.05, 0.1) is 39.6 Å². The van der Waals surface area contributed by atoms with Crippen molar-refractivity contribution in [2.24, 2.45) is 0 Å². The van der Waals surface area contributed by atoms with Crippen LogP contribution in [0.25, 0.3) is 64.6 Å². The van der Waals surface area contributed by atoms with E-state index in [9.17, 15) is 37.5 Å². The molecule has 0 radical (unpaired) electrons. The number of aryl methyl sites for hydroxylation is 2. The number of benzene rings is 6. The lowest BCUT2D eigenvalue weighted by Gasteiger charge is -2.24. The fourth-order valence-electron chi connectivity index (χ4n) is 20.2. The molecular formula is C107H138Cl2F2N12O12. The molecule has 12 heterocycles. The molecule has 6 aromatic carbocycles. The van der Waals surface area contributed by atoms with Gasteiger partial charge in [0.15, 0.2) is 0 Å². The zero-order valence-corrected chi connectivity index (χ0v) is 81.5. The first-order valence-corrected chi connectivity index (χ1v) is 49.5. The Hall–Kier alpha value is -9.46. The average molecular weight is 1890 g/mol. The van der Waals surface area contributed by atoms with Crippen molar-refractivity contribution in [3.63, 3.8) is 0 Å². The van der Waals surface area contributed by atoms with Gasteiger partial charge in [0.25, 0.3) is 33.4 Å². The number of nitrogens with one attached hydrogen (secondary N) is 6. The Labute approximate surface area is 800 Å². The standard InChI is InChI=1S/C19H26N2O2.C18H23ClN2O2.C18H23FN2O2.C18H24N2O2.C17H21ClN2O2.C17H21FN2O2/c1-3-23-13-16-7-5-10-21(16)11-9-15-12-18-14(2)6-4-8-17(18)19(22)20-15;2*1-2-23-12-14-5-4-9-21(14)10-8-13-11-16-15(18(22)20-13)6-3-7-17(16)19;1-13-5-3-7-16-17(13)11-14(19-18(16)21)8-10-20-9-4-6-15(20)12-22-2;2*1-22-11-13-4-3-8-20(13)9-7-12-10-15-14(17(21)19-12)5-2-6-16(15)18/h4,6,8,12,16H,3,5,7,9-11,13H2,1-2H3,(H,20,22);2*3,6-7,11,14H,2,4-5,8-10,12H2,1H3,(H,20,22);3,5,7,11,15H,4,6,8-10,12H2,1-2H3,(H,19,21);2*2,5-6,10,13H,3-4,7-9,11H2,1H3,(H,19,21)/t16-;2*14-;15-;2*13-/m111111/s1. The number of ether oxygens (including phenoxy) is 6. The third-order valence-electron chi connectivity index (χ3n) is 27.5. The quantitative estimate of drug-likeness (QED) is 0.0223. The van der Waals surface area contributed by atoms with E-state index in [2.05, 4.69) is 97.4 Å². The lowest BCUT2D eigenvalue weighted by atomic mass is 10.1. The van der Waals surface area contributed by atoms with E-state index in [1.807, 2.05) is 81.4 Å². The number of fused-ring (bicyclic) bond motifs is 6. The predicted octanol–water partition coefficient (Wildman–Crippen LogP) is 16.5. The van der Waals surface area contributed by atoms with E-state index in [0.717, 1.165) is 254 Å². The Kier molecular flexibility index (Phi) is 39.5. The van der Waals surface area contributed by atoms with Crippen LogP contribution in [0.2, 0.25) is 10.0 Å². The fourth-order valence-corrected chi connectivity index (χ4v) is 20.7. The topological polar surface area (TPSA) is 272 Å². The normalized spacial score (nSPS) is 18.9. The number of aromatic nitrogens is 6. The van der Waals surface area contributed by atoms with E-state index >= 15 is 0 Å². The SMILES string of the molecule is CCOC[C@H]1CCCN1CCc1cc2c(C)cccc2c(=O)[nH]1.CCOC[C@H]1CCCN1CCc1cc2c(Cl)cccc2c(=O)[nH]1.CCOC[C@H]1CCCN1CCc1cc2c(F)cccc2c(=O)[nH]1.COC[C@H]1CCCN1CCc1cc2c(C)cccc2c(=O)[nH]1.COC[C@H]1CCCN1CCc1cc2c(Cl)cccc2c(=O)[nH]1.COC[C@H]1CCCN1CCc1cc2c(F)cccc2c(=O)[nH]1. The maximum absolute atomic E-state index is 13.9. The molecule has 6 saturated heterocycles. The number of pyridine rings is 6. The summed E-state index contributed by atoms with van der Waals surface area (Å²) in [7, 11) is 5.24. The van der Waals surface area contributed by atoms with Gasteiger partial charge in [-0.05, 0) is 270 Å². The van der Waals surface area contributed by atoms with E-state index in [1.165, 1.54) is 76.3 Å². The molecule has 6 aromatic heterocycles. The number of methoxy groups -OCH3 is 3. The van der Waals surface area contributed by atoms with E-state index in [-0.39, 0.29) is 45.0 Å². The summed E-state index contributed by atoms with van der Waals surface area (Å²) in [4.78, 5) is 105. The molecule has 28 heteroatoms. The summed E-state index contributed by atoms with van der Waals surface area (Å²) in [5.41, 5.74) is 7.29. The molecule has 6 N–H and O–H groups in total. The molecule has 135 heavy (non-hydrogen) atoms. The molecule has 0 aliphatic carbocycles. The van der Waals surface area contributed by atoms with Gasteiger partial charge in [-0.1, -0.05) is 71.7 Å². The summed E-state index contributed by atoms with van der Waals surface area (Å²) in [6, 6.07) is 46.6. The highest BCUT2D eigenvalue weighted by atomic mass is 35.5. The molecule has 6 aliphatic heterocycles. The van der Waals surface area contributed by atoms with Crippen LogP contribution in [0.4, 0.5) is 8.78 Å². The third kappa shape index (κ3) is 28.2. The van der Waals surface area contributed by atoms with Gasteiger partial charge >= 0.3 is 0 Å². The molecule has 0 saturated carbocycles. The van der Waals surface area contributed by atoms with Crippen molar-refractivity contribution in [2.75, 3.05) is 159 Å². The number of H-pyrrole nitrogens is 6. The maximum atomic E-state index is 13.9. The molecule has 0 amide bonds. The number of likely N-dealkylation sites (tertiary alicyclic amines) is 6. The molecule has 0 bridgehead atoms. The summed E-state index contributed by atoms with van der Waals surface area (Å²) in [6.45, 7) is 29.3. The van der Waals surface area contributed by atoms with Gasteiger partial charge in [-0.25, -0.2) is 8.78 Å². The number of nitrogens with zero attached hydrogens (tertiary/aromatic N) is 6. The van der Waals surface area contributed by atoms with Crippen LogP contribution < -0.4 is 33.4 Å². The van der Waals surface area contributed by atoms with Crippen molar-refractivity contribution < 1.29 is 37.2 Å². The smallest absolute Gasteiger partial charge is 0.256 e. The lowest BCUT2D eigenvalue weighted by Crippen LogP contribution is -2.35. The van der Waals surface area contributed by atoms with Gasteiger partial charge in [0.1, 0.15) is 11.6 Å². The second-order valence-electron chi connectivity index (χ2n) is 36.5. The third-order valence-corrected chi connectivity index (χ3v) is 28.2. The molecule has 6 aliphatic rings. The summed E-state index contributed by atoms with van der Waals surface area (Å²) in [5.74, 6) is -0.687. The van der Waals surface area contributed by atoms with Gasteiger partial charge < -0.3 is 58.3 Å². The van der Waals surface area contributed by atoms with Gasteiger partial charge in [0.2, 0.25) is 0 Å². The van der Waals surface area contributed by atoms with Gasteiger partial charge in [-0.15, -0.1) is 0 Å². The zero-order valence-electron chi connectivity index (χ0n) is 80.0. The van der Waals surface area contributed by atoms with Gasteiger partial charge in [-0.3, -0.25) is 58.2 Å². The molecule has 6 fully saturated rings. The lowest BCUT2D eigenvalue weighted by molar-refractivity contribution is 0.0856. The van der Waals surface area contributed by atoms with Crippen LogP contribution >= 0.6 is 23.2 Å². The molecule has 6 atom stereocenters. The van der Waals surface area contributed by atoms with Gasteiger partial charge in [-0.2, -0.15) is 0 Å². The van der Waals surface area contributed by atoms with E-state index in [4.69, 9.17) is 51.6 Å². The first-order valence-electron chi connectivity index (χ1n) is 48.7. The Morgan fingerprint density at radius 3 is 0.741 bits per heavy atom. The van der Waals surface area contributed by atoms with Crippen molar-refractivity contribution in [3.05, 3.63) is 275 Å². The highest BCUT2D eigenvalue weighted by Crippen LogP contribution is 2.29. The minimum atomic E-state index is -0.344. The Morgan fingerprint density at radius 2 is 0.496 bits per heavy atom. The predicted molar refractivity (Wildman–Crippen MR) is 542 cm³/mol. The largest absolute Gasteiger partial charge is 0.383 e. The van der Waals surface area contributed by atoms with E-state index < -0.39 is 0 Å². The van der Waals surface area contributed by atoms with Crippen LogP contribution in [0.15, 0.2) is 174 Å². The Bertz CT molecular complexity index is 5660. The highest BCUT2D eigenvalue weighted by Gasteiger charge is 2.31. The summed E-state index contributed by atoms with van der Waals surface area (Å²) in [5, 5.41) is 9.53. The van der Waals surface area contributed by atoms with E-state index in [1.54, 1.807) is 69.9 Å². The fraction of sp³-hybridized carbons (Fsp3) is 0.495. The monoisotopic (exact) mass is 1890 g/mol. The summed E-state index contributed by atoms with van der Waals surface area (Å²) in [6.07, 6.45) is 19.2.